The molecule has 2 aromatic heterocycles. The van der Waals surface area contributed by atoms with Crippen LogP contribution in [0.3, 0.4) is 0 Å². The van der Waals surface area contributed by atoms with E-state index >= 15 is 0 Å². The second-order valence-corrected chi connectivity index (χ2v) is 6.10. The summed E-state index contributed by atoms with van der Waals surface area (Å²) < 4.78 is 1.88. The Labute approximate surface area is 169 Å². The first-order valence-corrected chi connectivity index (χ1v) is 8.85. The van der Waals surface area contributed by atoms with Gasteiger partial charge in [0.05, 0.1) is 17.9 Å². The molecule has 0 bridgehead atoms. The van der Waals surface area contributed by atoms with Crippen molar-refractivity contribution in [2.45, 2.75) is 13.0 Å². The normalized spacial score (nSPS) is 11.0. The van der Waals surface area contributed by atoms with E-state index in [0.29, 0.717) is 6.54 Å². The van der Waals surface area contributed by atoms with Crippen molar-refractivity contribution < 1.29 is 0 Å². The first kappa shape index (κ1) is 19.5. The fourth-order valence-electron chi connectivity index (χ4n) is 2.34. The lowest BCUT2D eigenvalue weighted by Gasteiger charge is -2.10. The predicted octanol–water partition coefficient (Wildman–Crippen LogP) is 3.46. The maximum absolute atomic E-state index is 4.58. The maximum atomic E-state index is 4.58. The van der Waals surface area contributed by atoms with Crippen molar-refractivity contribution in [1.29, 1.82) is 0 Å². The molecule has 5 nitrogen and oxygen atoms in total. The van der Waals surface area contributed by atoms with Gasteiger partial charge >= 0.3 is 0 Å². The first-order chi connectivity index (χ1) is 11.8. The second kappa shape index (κ2) is 10.2. The minimum Gasteiger partial charge on any atom is -0.356 e. The molecule has 25 heavy (non-hydrogen) atoms. The number of halogens is 1. The predicted molar refractivity (Wildman–Crippen MR) is 115 cm³/mol. The van der Waals surface area contributed by atoms with Crippen molar-refractivity contribution in [2.75, 3.05) is 13.6 Å². The molecule has 7 heteroatoms. The molecular formula is C18H22IN5S. The topological polar surface area (TPSA) is 54.2 Å². The average Bonchev–Trinajstić information content (AvgIpc) is 3.30. The minimum absolute atomic E-state index is 0. The van der Waals surface area contributed by atoms with Gasteiger partial charge in [-0.25, -0.2) is 4.68 Å². The minimum atomic E-state index is 0. The average molecular weight is 467 g/mol. The quantitative estimate of drug-likeness (QED) is 0.332. The van der Waals surface area contributed by atoms with Crippen LogP contribution in [0.5, 0.6) is 0 Å². The van der Waals surface area contributed by atoms with Gasteiger partial charge in [0.15, 0.2) is 5.96 Å². The third-order valence-electron chi connectivity index (χ3n) is 3.61. The van der Waals surface area contributed by atoms with Gasteiger partial charge in [0.1, 0.15) is 0 Å². The number of hydrogen-bond donors (Lipinski definition) is 2. The van der Waals surface area contributed by atoms with Gasteiger partial charge in [-0.05, 0) is 47.0 Å². The summed E-state index contributed by atoms with van der Waals surface area (Å²) in [6.45, 7) is 1.49. The van der Waals surface area contributed by atoms with Crippen molar-refractivity contribution in [3.63, 3.8) is 0 Å². The van der Waals surface area contributed by atoms with E-state index in [1.807, 2.05) is 47.3 Å². The number of para-hydroxylation sites is 1. The van der Waals surface area contributed by atoms with E-state index in [0.717, 1.165) is 30.3 Å². The highest BCUT2D eigenvalue weighted by Crippen LogP contribution is 2.07. The van der Waals surface area contributed by atoms with Crippen LogP contribution in [0.25, 0.3) is 5.69 Å². The molecule has 0 unspecified atom stereocenters. The molecule has 0 amide bonds. The Morgan fingerprint density at radius 2 is 2.00 bits per heavy atom. The van der Waals surface area contributed by atoms with Crippen LogP contribution in [0.1, 0.15) is 11.3 Å². The Morgan fingerprint density at radius 1 is 1.16 bits per heavy atom. The van der Waals surface area contributed by atoms with Crippen LogP contribution in [-0.2, 0) is 13.0 Å². The van der Waals surface area contributed by atoms with Gasteiger partial charge in [-0.1, -0.05) is 18.2 Å². The summed E-state index contributed by atoms with van der Waals surface area (Å²) in [5, 5.41) is 15.5. The lowest BCUT2D eigenvalue weighted by atomic mass is 10.2. The molecule has 3 rings (SSSR count). The van der Waals surface area contributed by atoms with Crippen molar-refractivity contribution in [1.82, 2.24) is 20.4 Å². The highest BCUT2D eigenvalue weighted by atomic mass is 127. The summed E-state index contributed by atoms with van der Waals surface area (Å²) >= 11 is 1.73. The van der Waals surface area contributed by atoms with Crippen molar-refractivity contribution in [2.24, 2.45) is 4.99 Å². The summed E-state index contributed by atoms with van der Waals surface area (Å²) in [7, 11) is 1.78. The van der Waals surface area contributed by atoms with Crippen LogP contribution in [0.4, 0.5) is 0 Å². The Bertz CT molecular complexity index is 768. The molecule has 0 aliphatic carbocycles. The zero-order valence-corrected chi connectivity index (χ0v) is 17.2. The van der Waals surface area contributed by atoms with Gasteiger partial charge < -0.3 is 10.6 Å². The van der Waals surface area contributed by atoms with Gasteiger partial charge in [-0.15, -0.1) is 24.0 Å². The standard InChI is InChI=1S/C18H21N5S.HI/c1-19-18(20-10-7-15-9-12-24-14-15)21-13-16-8-11-23(22-16)17-5-3-2-4-6-17;/h2-6,8-9,11-12,14H,7,10,13H2,1H3,(H2,19,20,21);1H. The number of rotatable bonds is 6. The number of hydrogen-bond acceptors (Lipinski definition) is 3. The Hall–Kier alpha value is -1.87. The molecule has 0 spiro atoms. The van der Waals surface area contributed by atoms with Gasteiger partial charge in [0.2, 0.25) is 0 Å². The molecule has 0 saturated carbocycles. The fraction of sp³-hybridized carbons (Fsp3) is 0.222. The Morgan fingerprint density at radius 3 is 2.72 bits per heavy atom. The lowest BCUT2D eigenvalue weighted by molar-refractivity contribution is 0.763. The number of aromatic nitrogens is 2. The molecule has 1 aromatic carbocycles. The van der Waals surface area contributed by atoms with Gasteiger partial charge in [0, 0.05) is 19.8 Å². The second-order valence-electron chi connectivity index (χ2n) is 5.32. The highest BCUT2D eigenvalue weighted by Gasteiger charge is 2.03. The van der Waals surface area contributed by atoms with Crippen LogP contribution in [0.2, 0.25) is 0 Å². The molecule has 2 N–H and O–H groups in total. The monoisotopic (exact) mass is 467 g/mol. The molecule has 0 aliphatic rings. The van der Waals surface area contributed by atoms with Crippen LogP contribution in [-0.4, -0.2) is 29.3 Å². The fourth-order valence-corrected chi connectivity index (χ4v) is 3.04. The molecule has 0 radical (unpaired) electrons. The Kier molecular flexibility index (Phi) is 7.93. The van der Waals surface area contributed by atoms with Crippen LogP contribution in [0, 0.1) is 0 Å². The number of benzene rings is 1. The SMILES string of the molecule is CN=C(NCCc1ccsc1)NCc1ccn(-c2ccccc2)n1.I. The molecule has 2 heterocycles. The molecule has 3 aromatic rings. The summed E-state index contributed by atoms with van der Waals surface area (Å²) in [6.07, 6.45) is 2.96. The maximum Gasteiger partial charge on any atom is 0.191 e. The van der Waals surface area contributed by atoms with Crippen LogP contribution in [0.15, 0.2) is 64.4 Å². The van der Waals surface area contributed by atoms with E-state index in [9.17, 15) is 0 Å². The van der Waals surface area contributed by atoms with E-state index in [-0.39, 0.29) is 24.0 Å². The summed E-state index contributed by atoms with van der Waals surface area (Å²) in [5.41, 5.74) is 3.38. The van der Waals surface area contributed by atoms with E-state index in [2.05, 4.69) is 37.6 Å². The number of guanidine groups is 1. The summed E-state index contributed by atoms with van der Waals surface area (Å²) in [5.74, 6) is 0.791. The van der Waals surface area contributed by atoms with Gasteiger partial charge in [0.25, 0.3) is 0 Å². The molecule has 0 atom stereocenters. The van der Waals surface area contributed by atoms with Crippen molar-refractivity contribution >= 4 is 41.3 Å². The van der Waals surface area contributed by atoms with Crippen molar-refractivity contribution in [3.8, 4) is 5.69 Å². The molecular weight excluding hydrogens is 445 g/mol. The third-order valence-corrected chi connectivity index (χ3v) is 4.34. The van der Waals surface area contributed by atoms with E-state index < -0.39 is 0 Å². The van der Waals surface area contributed by atoms with E-state index in [1.54, 1.807) is 18.4 Å². The largest absolute Gasteiger partial charge is 0.356 e. The zero-order valence-electron chi connectivity index (χ0n) is 14.1. The van der Waals surface area contributed by atoms with Crippen LogP contribution >= 0.6 is 35.3 Å². The number of nitrogens with one attached hydrogen (secondary N) is 2. The van der Waals surface area contributed by atoms with E-state index in [4.69, 9.17) is 0 Å². The highest BCUT2D eigenvalue weighted by molar-refractivity contribution is 14.0. The molecule has 0 fully saturated rings. The zero-order chi connectivity index (χ0) is 16.6. The molecule has 132 valence electrons. The molecule has 0 saturated heterocycles. The lowest BCUT2D eigenvalue weighted by Crippen LogP contribution is -2.37. The number of nitrogens with zero attached hydrogens (tertiary/aromatic N) is 3. The summed E-state index contributed by atoms with van der Waals surface area (Å²) in [4.78, 5) is 4.25. The third kappa shape index (κ3) is 5.86. The van der Waals surface area contributed by atoms with Crippen LogP contribution < -0.4 is 10.6 Å². The van der Waals surface area contributed by atoms with Gasteiger partial charge in [-0.2, -0.15) is 16.4 Å². The van der Waals surface area contributed by atoms with Crippen molar-refractivity contribution in [3.05, 3.63) is 70.7 Å². The Balaban J connectivity index is 0.00000225. The number of thiophene rings is 1. The summed E-state index contributed by atoms with van der Waals surface area (Å²) in [6, 6.07) is 14.3. The number of aliphatic imine (C=N–C) groups is 1. The molecule has 0 aliphatic heterocycles. The smallest absolute Gasteiger partial charge is 0.191 e. The van der Waals surface area contributed by atoms with Gasteiger partial charge in [-0.3, -0.25) is 4.99 Å². The first-order valence-electron chi connectivity index (χ1n) is 7.91. The van der Waals surface area contributed by atoms with E-state index in [1.165, 1.54) is 5.56 Å².